The van der Waals surface area contributed by atoms with Crippen LogP contribution in [0.5, 0.6) is 0 Å². The number of thioether (sulfide) groups is 1. The molecule has 2 aromatic carbocycles. The molecule has 0 N–H and O–H groups in total. The first-order valence-electron chi connectivity index (χ1n) is 7.79. The summed E-state index contributed by atoms with van der Waals surface area (Å²) in [4.78, 5) is 16.3. The first-order valence-corrected chi connectivity index (χ1v) is 8.67. The molecule has 1 aromatic heterocycles. The molecule has 0 radical (unpaired) electrons. The van der Waals surface area contributed by atoms with E-state index in [0.29, 0.717) is 10.9 Å². The Kier molecular flexibility index (Phi) is 5.40. The zero-order chi connectivity index (χ0) is 17.6. The molecule has 0 bridgehead atoms. The number of methoxy groups -OCH3 is 1. The third kappa shape index (κ3) is 4.03. The van der Waals surface area contributed by atoms with Crippen molar-refractivity contribution in [2.45, 2.75) is 17.3 Å². The Morgan fingerprint density at radius 1 is 0.920 bits per heavy atom. The van der Waals surface area contributed by atoms with Crippen LogP contribution in [0.2, 0.25) is 0 Å². The number of carbonyl (C=O) groups excluding carboxylic acids is 1. The van der Waals surface area contributed by atoms with Crippen LogP contribution in [0.1, 0.15) is 6.92 Å². The molecule has 0 unspecified atom stereocenters. The van der Waals surface area contributed by atoms with Crippen LogP contribution in [0, 0.1) is 0 Å². The highest BCUT2D eigenvalue weighted by Gasteiger charge is 2.19. The Labute approximate surface area is 150 Å². The van der Waals surface area contributed by atoms with Crippen LogP contribution in [-0.4, -0.2) is 33.5 Å². The molecule has 0 amide bonds. The molecule has 0 aliphatic carbocycles. The predicted octanol–water partition coefficient (Wildman–Crippen LogP) is 3.86. The second-order valence-corrected chi connectivity index (χ2v) is 6.61. The minimum Gasteiger partial charge on any atom is -0.468 e. The van der Waals surface area contributed by atoms with Crippen LogP contribution in [0.4, 0.5) is 0 Å². The fourth-order valence-electron chi connectivity index (χ4n) is 2.32. The van der Waals surface area contributed by atoms with Crippen molar-refractivity contribution in [3.05, 3.63) is 60.7 Å². The molecule has 0 saturated carbocycles. The lowest BCUT2D eigenvalue weighted by Gasteiger charge is -2.11. The van der Waals surface area contributed by atoms with Gasteiger partial charge in [-0.15, -0.1) is 10.2 Å². The molecular weight excluding hydrogens is 334 g/mol. The number of hydrogen-bond donors (Lipinski definition) is 0. The summed E-state index contributed by atoms with van der Waals surface area (Å²) in [6, 6.07) is 19.6. The fraction of sp³-hybridized carbons (Fsp3) is 0.158. The number of ether oxygens (including phenoxy) is 1. The second-order valence-electron chi connectivity index (χ2n) is 5.31. The highest BCUT2D eigenvalue weighted by molar-refractivity contribution is 8.00. The van der Waals surface area contributed by atoms with E-state index in [1.807, 2.05) is 60.7 Å². The van der Waals surface area contributed by atoms with Crippen molar-refractivity contribution in [1.29, 1.82) is 0 Å². The van der Waals surface area contributed by atoms with E-state index in [2.05, 4.69) is 15.2 Å². The summed E-state index contributed by atoms with van der Waals surface area (Å²) in [5, 5.41) is 8.61. The van der Waals surface area contributed by atoms with E-state index >= 15 is 0 Å². The topological polar surface area (TPSA) is 65.0 Å². The molecule has 0 aliphatic heterocycles. The highest BCUT2D eigenvalue weighted by Crippen LogP contribution is 2.30. The standard InChI is InChI=1S/C19H17N3O2S/c1-13(18(23)24-2)25-19-20-16(14-9-5-3-6-10-14)17(21-22-19)15-11-7-4-8-12-15/h3-13H,1-2H3/t13-/m0/s1. The van der Waals surface area contributed by atoms with E-state index in [1.165, 1.54) is 18.9 Å². The van der Waals surface area contributed by atoms with Crippen molar-refractivity contribution >= 4 is 17.7 Å². The van der Waals surface area contributed by atoms with Gasteiger partial charge in [0.1, 0.15) is 16.6 Å². The number of aromatic nitrogens is 3. The molecule has 1 atom stereocenters. The SMILES string of the molecule is COC(=O)[C@H](C)Sc1nnc(-c2ccccc2)c(-c2ccccc2)n1. The van der Waals surface area contributed by atoms with Crippen molar-refractivity contribution < 1.29 is 9.53 Å². The zero-order valence-corrected chi connectivity index (χ0v) is 14.7. The van der Waals surface area contributed by atoms with Gasteiger partial charge in [-0.25, -0.2) is 4.98 Å². The molecular formula is C19H17N3O2S. The van der Waals surface area contributed by atoms with Crippen LogP contribution >= 0.6 is 11.8 Å². The fourth-order valence-corrected chi connectivity index (χ4v) is 3.06. The molecule has 0 aliphatic rings. The summed E-state index contributed by atoms with van der Waals surface area (Å²) in [6.45, 7) is 1.76. The van der Waals surface area contributed by atoms with Gasteiger partial charge < -0.3 is 4.74 Å². The third-order valence-corrected chi connectivity index (χ3v) is 4.51. The van der Waals surface area contributed by atoms with E-state index in [0.717, 1.165) is 16.8 Å². The van der Waals surface area contributed by atoms with Gasteiger partial charge in [-0.05, 0) is 6.92 Å². The number of carbonyl (C=O) groups is 1. The maximum absolute atomic E-state index is 11.6. The molecule has 3 rings (SSSR count). The van der Waals surface area contributed by atoms with Gasteiger partial charge in [-0.3, -0.25) is 4.79 Å². The van der Waals surface area contributed by atoms with Crippen LogP contribution in [0.15, 0.2) is 65.8 Å². The Morgan fingerprint density at radius 2 is 1.48 bits per heavy atom. The molecule has 6 heteroatoms. The molecule has 5 nitrogen and oxygen atoms in total. The first kappa shape index (κ1) is 17.1. The summed E-state index contributed by atoms with van der Waals surface area (Å²) in [5.74, 6) is -0.318. The third-order valence-electron chi connectivity index (χ3n) is 3.58. The van der Waals surface area contributed by atoms with Crippen molar-refractivity contribution in [1.82, 2.24) is 15.2 Å². The summed E-state index contributed by atoms with van der Waals surface area (Å²) in [6.07, 6.45) is 0. The van der Waals surface area contributed by atoms with Crippen LogP contribution in [-0.2, 0) is 9.53 Å². The van der Waals surface area contributed by atoms with Crippen LogP contribution in [0.3, 0.4) is 0 Å². The molecule has 0 saturated heterocycles. The Bertz CT molecular complexity index is 857. The highest BCUT2D eigenvalue weighted by atomic mass is 32.2. The molecule has 3 aromatic rings. The molecule has 126 valence electrons. The summed E-state index contributed by atoms with van der Waals surface area (Å²) >= 11 is 1.23. The molecule has 1 heterocycles. The summed E-state index contributed by atoms with van der Waals surface area (Å²) in [5.41, 5.74) is 3.34. The van der Waals surface area contributed by atoms with Gasteiger partial charge in [0.2, 0.25) is 5.16 Å². The maximum Gasteiger partial charge on any atom is 0.318 e. The molecule has 0 spiro atoms. The van der Waals surface area contributed by atoms with Crippen molar-refractivity contribution in [3.8, 4) is 22.5 Å². The monoisotopic (exact) mass is 351 g/mol. The van der Waals surface area contributed by atoms with Crippen LogP contribution in [0.25, 0.3) is 22.5 Å². The zero-order valence-electron chi connectivity index (χ0n) is 13.9. The minimum absolute atomic E-state index is 0.318. The summed E-state index contributed by atoms with van der Waals surface area (Å²) < 4.78 is 4.76. The van der Waals surface area contributed by atoms with Gasteiger partial charge >= 0.3 is 5.97 Å². The Balaban J connectivity index is 2.04. The number of esters is 1. The lowest BCUT2D eigenvalue weighted by molar-refractivity contribution is -0.139. The number of hydrogen-bond acceptors (Lipinski definition) is 6. The van der Waals surface area contributed by atoms with Gasteiger partial charge in [0.15, 0.2) is 0 Å². The van der Waals surface area contributed by atoms with E-state index in [1.54, 1.807) is 6.92 Å². The van der Waals surface area contributed by atoms with Crippen molar-refractivity contribution in [3.63, 3.8) is 0 Å². The van der Waals surface area contributed by atoms with Crippen molar-refractivity contribution in [2.24, 2.45) is 0 Å². The average molecular weight is 351 g/mol. The number of rotatable bonds is 5. The number of benzene rings is 2. The Hall–Kier alpha value is -2.73. The van der Waals surface area contributed by atoms with Crippen molar-refractivity contribution in [2.75, 3.05) is 7.11 Å². The maximum atomic E-state index is 11.6. The largest absolute Gasteiger partial charge is 0.468 e. The average Bonchev–Trinajstić information content (AvgIpc) is 2.68. The predicted molar refractivity (Wildman–Crippen MR) is 98.0 cm³/mol. The van der Waals surface area contributed by atoms with Gasteiger partial charge in [0.25, 0.3) is 0 Å². The van der Waals surface area contributed by atoms with E-state index in [9.17, 15) is 4.79 Å². The van der Waals surface area contributed by atoms with Gasteiger partial charge in [-0.1, -0.05) is 72.4 Å². The lowest BCUT2D eigenvalue weighted by atomic mass is 10.0. The smallest absolute Gasteiger partial charge is 0.318 e. The normalized spacial score (nSPS) is 11.8. The Morgan fingerprint density at radius 3 is 2.04 bits per heavy atom. The molecule has 25 heavy (non-hydrogen) atoms. The van der Waals surface area contributed by atoms with Gasteiger partial charge in [0, 0.05) is 11.1 Å². The quantitative estimate of drug-likeness (QED) is 0.514. The summed E-state index contributed by atoms with van der Waals surface area (Å²) in [7, 11) is 1.37. The lowest BCUT2D eigenvalue weighted by Crippen LogP contribution is -2.15. The first-order chi connectivity index (χ1) is 12.2. The van der Waals surface area contributed by atoms with E-state index in [4.69, 9.17) is 4.74 Å². The van der Waals surface area contributed by atoms with E-state index < -0.39 is 5.25 Å². The van der Waals surface area contributed by atoms with Gasteiger partial charge in [-0.2, -0.15) is 0 Å². The minimum atomic E-state index is -0.405. The van der Waals surface area contributed by atoms with E-state index in [-0.39, 0.29) is 5.97 Å². The molecule has 0 fully saturated rings. The number of nitrogens with zero attached hydrogens (tertiary/aromatic N) is 3. The van der Waals surface area contributed by atoms with Crippen LogP contribution < -0.4 is 0 Å². The second kappa shape index (κ2) is 7.90. The van der Waals surface area contributed by atoms with Gasteiger partial charge in [0.05, 0.1) is 7.11 Å².